The van der Waals surface area contributed by atoms with Gasteiger partial charge in [-0.25, -0.2) is 0 Å². The minimum absolute atomic E-state index is 0.00920. The molecule has 33 heavy (non-hydrogen) atoms. The Morgan fingerprint density at radius 1 is 1.09 bits per heavy atom. The summed E-state index contributed by atoms with van der Waals surface area (Å²) < 4.78 is 5.31. The highest BCUT2D eigenvalue weighted by Gasteiger charge is 2.38. The highest BCUT2D eigenvalue weighted by atomic mass is 16.5. The van der Waals surface area contributed by atoms with Crippen LogP contribution in [0.4, 0.5) is 0 Å². The summed E-state index contributed by atoms with van der Waals surface area (Å²) >= 11 is 0. The van der Waals surface area contributed by atoms with E-state index in [0.717, 1.165) is 36.0 Å². The molecule has 0 radical (unpaired) electrons. The van der Waals surface area contributed by atoms with Gasteiger partial charge in [0.05, 0.1) is 0 Å². The minimum atomic E-state index is -0.562. The summed E-state index contributed by atoms with van der Waals surface area (Å²) in [6.45, 7) is 5.82. The molecule has 1 atom stereocenters. The Morgan fingerprint density at radius 2 is 1.91 bits per heavy atom. The van der Waals surface area contributed by atoms with Crippen LogP contribution in [0.5, 0.6) is 0 Å². The summed E-state index contributed by atoms with van der Waals surface area (Å²) in [6.07, 6.45) is 6.56. The fraction of sp³-hybridized carbons (Fsp3) is 0.385. The molecule has 0 saturated carbocycles. The summed E-state index contributed by atoms with van der Waals surface area (Å²) in [7, 11) is 0. The zero-order valence-electron chi connectivity index (χ0n) is 19.2. The second kappa shape index (κ2) is 10.4. The second-order valence-corrected chi connectivity index (χ2v) is 8.41. The monoisotopic (exact) mass is 446 g/mol. The number of carbonyl (C=O) groups excluding carboxylic acids is 2. The molecule has 0 unspecified atom stereocenters. The second-order valence-electron chi connectivity index (χ2n) is 8.41. The molecule has 1 aliphatic rings. The SMILES string of the molecule is CCCc1cc(C(=O)N2CCN(CCC)C(=O)[C@H]2Cc2ccc(-c3cccnc3)cc2)no1. The lowest BCUT2D eigenvalue weighted by Gasteiger charge is -2.40. The van der Waals surface area contributed by atoms with Crippen molar-refractivity contribution in [2.75, 3.05) is 19.6 Å². The van der Waals surface area contributed by atoms with Crippen LogP contribution >= 0.6 is 0 Å². The fourth-order valence-electron chi connectivity index (χ4n) is 4.29. The lowest BCUT2D eigenvalue weighted by atomic mass is 9.98. The molecule has 0 N–H and O–H groups in total. The van der Waals surface area contributed by atoms with Crippen molar-refractivity contribution in [1.82, 2.24) is 19.9 Å². The van der Waals surface area contributed by atoms with Gasteiger partial charge in [0.2, 0.25) is 5.91 Å². The molecule has 3 heterocycles. The Hall–Kier alpha value is -3.48. The molecule has 2 aromatic heterocycles. The zero-order valence-corrected chi connectivity index (χ0v) is 19.2. The van der Waals surface area contributed by atoms with Crippen LogP contribution in [-0.4, -0.2) is 57.4 Å². The van der Waals surface area contributed by atoms with Gasteiger partial charge in [0.25, 0.3) is 5.91 Å². The van der Waals surface area contributed by atoms with Crippen molar-refractivity contribution in [3.8, 4) is 11.1 Å². The topological polar surface area (TPSA) is 79.5 Å². The molecular weight excluding hydrogens is 416 g/mol. The predicted octanol–water partition coefficient (Wildman–Crippen LogP) is 3.99. The van der Waals surface area contributed by atoms with Gasteiger partial charge in [-0.05, 0) is 35.6 Å². The number of aromatic nitrogens is 2. The fourth-order valence-corrected chi connectivity index (χ4v) is 4.29. The van der Waals surface area contributed by atoms with E-state index < -0.39 is 6.04 Å². The normalized spacial score (nSPS) is 16.3. The number of hydrogen-bond acceptors (Lipinski definition) is 5. The van der Waals surface area contributed by atoms with Crippen LogP contribution in [0.3, 0.4) is 0 Å². The smallest absolute Gasteiger partial charge is 0.276 e. The van der Waals surface area contributed by atoms with Crippen molar-refractivity contribution >= 4 is 11.8 Å². The van der Waals surface area contributed by atoms with E-state index in [1.165, 1.54) is 0 Å². The Balaban J connectivity index is 1.56. The van der Waals surface area contributed by atoms with Crippen LogP contribution < -0.4 is 0 Å². The van der Waals surface area contributed by atoms with Gasteiger partial charge >= 0.3 is 0 Å². The number of hydrogen-bond donors (Lipinski definition) is 0. The summed E-state index contributed by atoms with van der Waals surface area (Å²) in [6, 6.07) is 13.2. The number of rotatable bonds is 8. The maximum absolute atomic E-state index is 13.3. The van der Waals surface area contributed by atoms with Crippen molar-refractivity contribution in [3.63, 3.8) is 0 Å². The molecule has 7 heteroatoms. The third-order valence-electron chi connectivity index (χ3n) is 5.99. The summed E-state index contributed by atoms with van der Waals surface area (Å²) in [5.41, 5.74) is 3.38. The molecule has 0 bridgehead atoms. The minimum Gasteiger partial charge on any atom is -0.361 e. The van der Waals surface area contributed by atoms with Crippen LogP contribution in [0.15, 0.2) is 59.4 Å². The lowest BCUT2D eigenvalue weighted by Crippen LogP contribution is -2.59. The van der Waals surface area contributed by atoms with Crippen LogP contribution in [0.25, 0.3) is 11.1 Å². The van der Waals surface area contributed by atoms with E-state index in [0.29, 0.717) is 31.8 Å². The molecule has 1 saturated heterocycles. The van der Waals surface area contributed by atoms with Crippen molar-refractivity contribution in [1.29, 1.82) is 0 Å². The van der Waals surface area contributed by atoms with E-state index in [2.05, 4.69) is 17.1 Å². The molecule has 2 amide bonds. The summed E-state index contributed by atoms with van der Waals surface area (Å²) in [5, 5.41) is 3.98. The Bertz CT molecular complexity index is 1080. The van der Waals surface area contributed by atoms with Gasteiger partial charge in [-0.3, -0.25) is 14.6 Å². The van der Waals surface area contributed by atoms with Crippen molar-refractivity contribution in [3.05, 3.63) is 71.9 Å². The van der Waals surface area contributed by atoms with E-state index in [1.807, 2.05) is 54.4 Å². The number of benzene rings is 1. The third kappa shape index (κ3) is 5.13. The number of piperazine rings is 1. The average molecular weight is 447 g/mol. The summed E-state index contributed by atoms with van der Waals surface area (Å²) in [4.78, 5) is 34.3. The largest absolute Gasteiger partial charge is 0.361 e. The van der Waals surface area contributed by atoms with Crippen molar-refractivity contribution in [2.24, 2.45) is 0 Å². The van der Waals surface area contributed by atoms with Crippen LogP contribution in [0.2, 0.25) is 0 Å². The number of carbonyl (C=O) groups is 2. The van der Waals surface area contributed by atoms with Gasteiger partial charge in [0, 0.05) is 50.9 Å². The Kier molecular flexibility index (Phi) is 7.17. The van der Waals surface area contributed by atoms with Crippen molar-refractivity contribution in [2.45, 2.75) is 45.6 Å². The molecule has 1 aliphatic heterocycles. The first kappa shape index (κ1) is 22.7. The van der Waals surface area contributed by atoms with Gasteiger partial charge in [0.15, 0.2) is 5.69 Å². The van der Waals surface area contributed by atoms with Gasteiger partial charge in [-0.15, -0.1) is 0 Å². The summed E-state index contributed by atoms with van der Waals surface area (Å²) in [5.74, 6) is 0.437. The van der Waals surface area contributed by atoms with Crippen LogP contribution in [0.1, 0.15) is 48.5 Å². The average Bonchev–Trinajstić information content (AvgIpc) is 3.31. The van der Waals surface area contributed by atoms with E-state index in [4.69, 9.17) is 4.52 Å². The van der Waals surface area contributed by atoms with E-state index in [-0.39, 0.29) is 17.5 Å². The first-order valence-corrected chi connectivity index (χ1v) is 11.7. The molecule has 7 nitrogen and oxygen atoms in total. The maximum atomic E-state index is 13.3. The molecule has 4 rings (SSSR count). The first-order chi connectivity index (χ1) is 16.1. The van der Waals surface area contributed by atoms with Gasteiger partial charge in [-0.2, -0.15) is 0 Å². The molecule has 1 fully saturated rings. The molecule has 3 aromatic rings. The lowest BCUT2D eigenvalue weighted by molar-refractivity contribution is -0.140. The Morgan fingerprint density at radius 3 is 2.61 bits per heavy atom. The van der Waals surface area contributed by atoms with Gasteiger partial charge in [0.1, 0.15) is 11.8 Å². The van der Waals surface area contributed by atoms with Gasteiger partial charge in [-0.1, -0.05) is 49.3 Å². The number of aryl methyl sites for hydroxylation is 1. The molecular formula is C26H30N4O3. The van der Waals surface area contributed by atoms with Crippen LogP contribution in [0, 0.1) is 0 Å². The molecule has 172 valence electrons. The standard InChI is InChI=1S/C26H30N4O3/c1-3-6-22-17-23(28-33-22)25(31)30-15-14-29(13-4-2)26(32)24(30)16-19-8-10-20(11-9-19)21-7-5-12-27-18-21/h5,7-12,17-18,24H,3-4,6,13-16H2,1-2H3/t24-/m1/s1. The maximum Gasteiger partial charge on any atom is 0.276 e. The van der Waals surface area contributed by atoms with E-state index in [1.54, 1.807) is 17.2 Å². The number of pyridine rings is 1. The molecule has 1 aromatic carbocycles. The van der Waals surface area contributed by atoms with Crippen molar-refractivity contribution < 1.29 is 14.1 Å². The Labute approximate surface area is 194 Å². The number of nitrogens with zero attached hydrogens (tertiary/aromatic N) is 4. The van der Waals surface area contributed by atoms with Gasteiger partial charge < -0.3 is 14.3 Å². The van der Waals surface area contributed by atoms with Crippen LogP contribution in [-0.2, 0) is 17.6 Å². The zero-order chi connectivity index (χ0) is 23.2. The quantitative estimate of drug-likeness (QED) is 0.523. The highest BCUT2D eigenvalue weighted by molar-refractivity contribution is 5.97. The van der Waals surface area contributed by atoms with E-state index >= 15 is 0 Å². The molecule has 0 aliphatic carbocycles. The van der Waals surface area contributed by atoms with E-state index in [9.17, 15) is 9.59 Å². The first-order valence-electron chi connectivity index (χ1n) is 11.7. The molecule has 0 spiro atoms. The highest BCUT2D eigenvalue weighted by Crippen LogP contribution is 2.23. The third-order valence-corrected chi connectivity index (χ3v) is 5.99. The predicted molar refractivity (Wildman–Crippen MR) is 126 cm³/mol. The number of amides is 2.